The van der Waals surface area contributed by atoms with Crippen molar-refractivity contribution in [2.24, 2.45) is 5.41 Å². The summed E-state index contributed by atoms with van der Waals surface area (Å²) >= 11 is 0. The molecule has 0 bridgehead atoms. The lowest BCUT2D eigenvalue weighted by atomic mass is 9.82. The second kappa shape index (κ2) is 6.30. The fourth-order valence-electron chi connectivity index (χ4n) is 2.69. The molecule has 20 heavy (non-hydrogen) atoms. The van der Waals surface area contributed by atoms with Gasteiger partial charge in [-0.25, -0.2) is 4.68 Å². The maximum Gasteiger partial charge on any atom is 0.311 e. The highest BCUT2D eigenvalue weighted by Gasteiger charge is 2.37. The van der Waals surface area contributed by atoms with E-state index in [4.69, 9.17) is 4.74 Å². The van der Waals surface area contributed by atoms with Crippen LogP contribution >= 0.6 is 0 Å². The average Bonchev–Trinajstić information content (AvgIpc) is 2.93. The van der Waals surface area contributed by atoms with Gasteiger partial charge in [-0.2, -0.15) is 0 Å². The Hall–Kier alpha value is -1.50. The molecule has 1 unspecified atom stereocenters. The molecule has 1 atom stereocenters. The molecule has 0 saturated carbocycles. The molecule has 7 heteroatoms. The Morgan fingerprint density at radius 2 is 2.25 bits per heavy atom. The summed E-state index contributed by atoms with van der Waals surface area (Å²) in [6, 6.07) is 0. The van der Waals surface area contributed by atoms with E-state index in [-0.39, 0.29) is 5.92 Å². The monoisotopic (exact) mass is 282 g/mol. The van der Waals surface area contributed by atoms with Crippen LogP contribution in [0, 0.1) is 5.41 Å². The molecule has 2 heterocycles. The van der Waals surface area contributed by atoms with Crippen LogP contribution in [0.15, 0.2) is 0 Å². The summed E-state index contributed by atoms with van der Waals surface area (Å²) in [5.74, 6) is 0.125. The van der Waals surface area contributed by atoms with Crippen LogP contribution in [0.25, 0.3) is 0 Å². The van der Waals surface area contributed by atoms with Gasteiger partial charge in [-0.15, -0.1) is 5.10 Å². The fourth-order valence-corrected chi connectivity index (χ4v) is 2.69. The van der Waals surface area contributed by atoms with E-state index >= 15 is 0 Å². The van der Waals surface area contributed by atoms with E-state index in [9.17, 15) is 9.90 Å². The standard InChI is InChI=1S/C13H22N4O3/c1-3-13(4-2,12(18)19)9-17-11(14-15-16-17)10-6-5-7-20-8-10/h10H,3-9H2,1-2H3,(H,18,19). The maximum atomic E-state index is 11.6. The Bertz CT molecular complexity index is 450. The second-order valence-electron chi connectivity index (χ2n) is 5.40. The van der Waals surface area contributed by atoms with Gasteiger partial charge in [0.25, 0.3) is 0 Å². The summed E-state index contributed by atoms with van der Waals surface area (Å²) in [6.07, 6.45) is 3.08. The van der Waals surface area contributed by atoms with Crippen LogP contribution in [0.5, 0.6) is 0 Å². The highest BCUT2D eigenvalue weighted by molar-refractivity contribution is 5.74. The van der Waals surface area contributed by atoms with E-state index in [2.05, 4.69) is 15.5 Å². The average molecular weight is 282 g/mol. The summed E-state index contributed by atoms with van der Waals surface area (Å²) in [6.45, 7) is 5.49. The third kappa shape index (κ3) is 2.82. The zero-order valence-electron chi connectivity index (χ0n) is 12.1. The van der Waals surface area contributed by atoms with Crippen molar-refractivity contribution >= 4 is 5.97 Å². The molecule has 1 saturated heterocycles. The molecule has 0 aromatic carbocycles. The fraction of sp³-hybridized carbons (Fsp3) is 0.846. The Balaban J connectivity index is 2.20. The predicted molar refractivity (Wildman–Crippen MR) is 71.3 cm³/mol. The van der Waals surface area contributed by atoms with Gasteiger partial charge < -0.3 is 9.84 Å². The van der Waals surface area contributed by atoms with E-state index < -0.39 is 11.4 Å². The number of rotatable bonds is 6. The predicted octanol–water partition coefficient (Wildman–Crippen LogP) is 1.46. The molecule has 1 aliphatic heterocycles. The van der Waals surface area contributed by atoms with E-state index in [1.807, 2.05) is 13.8 Å². The van der Waals surface area contributed by atoms with Gasteiger partial charge in [0.1, 0.15) is 0 Å². The van der Waals surface area contributed by atoms with Gasteiger partial charge in [0.15, 0.2) is 5.82 Å². The third-order valence-corrected chi connectivity index (χ3v) is 4.34. The Kier molecular flexibility index (Phi) is 4.69. The summed E-state index contributed by atoms with van der Waals surface area (Å²) < 4.78 is 7.12. The molecule has 1 fully saturated rings. The van der Waals surface area contributed by atoms with Crippen molar-refractivity contribution in [3.63, 3.8) is 0 Å². The summed E-state index contributed by atoms with van der Waals surface area (Å²) in [4.78, 5) is 11.6. The number of carboxylic acids is 1. The summed E-state index contributed by atoms with van der Waals surface area (Å²) in [5, 5.41) is 21.3. The van der Waals surface area contributed by atoms with Crippen molar-refractivity contribution in [2.75, 3.05) is 13.2 Å². The van der Waals surface area contributed by atoms with Gasteiger partial charge in [0.2, 0.25) is 0 Å². The highest BCUT2D eigenvalue weighted by atomic mass is 16.5. The van der Waals surface area contributed by atoms with Gasteiger partial charge in [0, 0.05) is 12.5 Å². The molecule has 0 radical (unpaired) electrons. The van der Waals surface area contributed by atoms with Gasteiger partial charge in [-0.05, 0) is 36.1 Å². The number of tetrazole rings is 1. The van der Waals surface area contributed by atoms with Crippen molar-refractivity contribution in [1.29, 1.82) is 0 Å². The molecule has 1 aromatic heterocycles. The second-order valence-corrected chi connectivity index (χ2v) is 5.40. The summed E-state index contributed by atoms with van der Waals surface area (Å²) in [7, 11) is 0. The molecule has 2 rings (SSSR count). The van der Waals surface area contributed by atoms with E-state index in [0.29, 0.717) is 26.0 Å². The van der Waals surface area contributed by atoms with E-state index in [0.717, 1.165) is 25.3 Å². The third-order valence-electron chi connectivity index (χ3n) is 4.34. The highest BCUT2D eigenvalue weighted by Crippen LogP contribution is 2.31. The Morgan fingerprint density at radius 1 is 1.50 bits per heavy atom. The number of hydrogen-bond donors (Lipinski definition) is 1. The number of carbonyl (C=O) groups is 1. The molecule has 1 aromatic rings. The number of nitrogens with zero attached hydrogens (tertiary/aromatic N) is 4. The van der Waals surface area contributed by atoms with Gasteiger partial charge >= 0.3 is 5.97 Å². The molecule has 0 aliphatic carbocycles. The number of aromatic nitrogens is 4. The number of aliphatic carboxylic acids is 1. The Labute approximate surface area is 118 Å². The van der Waals surface area contributed by atoms with Gasteiger partial charge in [-0.1, -0.05) is 13.8 Å². The first-order valence-corrected chi connectivity index (χ1v) is 7.20. The lowest BCUT2D eigenvalue weighted by molar-refractivity contribution is -0.150. The minimum absolute atomic E-state index is 0.166. The van der Waals surface area contributed by atoms with Crippen LogP contribution in [-0.4, -0.2) is 44.5 Å². The first-order valence-electron chi connectivity index (χ1n) is 7.20. The van der Waals surface area contributed by atoms with Gasteiger partial charge in [0.05, 0.1) is 18.6 Å². The molecule has 1 aliphatic rings. The lowest BCUT2D eigenvalue weighted by Crippen LogP contribution is -2.36. The van der Waals surface area contributed by atoms with Crippen LogP contribution in [0.1, 0.15) is 51.3 Å². The minimum Gasteiger partial charge on any atom is -0.481 e. The SMILES string of the molecule is CCC(CC)(Cn1nnnc1C1CCCOC1)C(=O)O. The normalized spacial score (nSPS) is 20.0. The van der Waals surface area contributed by atoms with Crippen LogP contribution in [-0.2, 0) is 16.1 Å². The van der Waals surface area contributed by atoms with Gasteiger partial charge in [-0.3, -0.25) is 4.79 Å². The topological polar surface area (TPSA) is 90.1 Å². The number of hydrogen-bond acceptors (Lipinski definition) is 5. The molecule has 1 N–H and O–H groups in total. The molecule has 0 amide bonds. The van der Waals surface area contributed by atoms with Crippen molar-refractivity contribution in [3.05, 3.63) is 5.82 Å². The first kappa shape index (κ1) is 14.9. The number of ether oxygens (including phenoxy) is 1. The molecular weight excluding hydrogens is 260 g/mol. The van der Waals surface area contributed by atoms with Crippen LogP contribution in [0.2, 0.25) is 0 Å². The minimum atomic E-state index is -0.806. The smallest absolute Gasteiger partial charge is 0.311 e. The number of carboxylic acid groups (broad SMARTS) is 1. The van der Waals surface area contributed by atoms with Crippen LogP contribution in [0.4, 0.5) is 0 Å². The quantitative estimate of drug-likeness (QED) is 0.849. The molecule has 112 valence electrons. The van der Waals surface area contributed by atoms with Crippen molar-refractivity contribution in [1.82, 2.24) is 20.2 Å². The summed E-state index contributed by atoms with van der Waals surface area (Å²) in [5.41, 5.74) is -0.806. The van der Waals surface area contributed by atoms with E-state index in [1.54, 1.807) is 4.68 Å². The zero-order chi connectivity index (χ0) is 14.6. The first-order chi connectivity index (χ1) is 9.63. The zero-order valence-corrected chi connectivity index (χ0v) is 12.1. The van der Waals surface area contributed by atoms with Crippen molar-refractivity contribution in [3.8, 4) is 0 Å². The molecule has 0 spiro atoms. The van der Waals surface area contributed by atoms with Crippen LogP contribution in [0.3, 0.4) is 0 Å². The van der Waals surface area contributed by atoms with Crippen LogP contribution < -0.4 is 0 Å². The largest absolute Gasteiger partial charge is 0.481 e. The Morgan fingerprint density at radius 3 is 2.80 bits per heavy atom. The molecule has 7 nitrogen and oxygen atoms in total. The maximum absolute atomic E-state index is 11.6. The molecular formula is C13H22N4O3. The van der Waals surface area contributed by atoms with Crippen molar-refractivity contribution in [2.45, 2.75) is 52.0 Å². The lowest BCUT2D eigenvalue weighted by Gasteiger charge is -2.28. The van der Waals surface area contributed by atoms with Crippen molar-refractivity contribution < 1.29 is 14.6 Å². The van der Waals surface area contributed by atoms with E-state index in [1.165, 1.54) is 0 Å².